The molecule has 1 aromatic rings. The first-order valence-electron chi connectivity index (χ1n) is 6.11. The zero-order valence-electron chi connectivity index (χ0n) is 9.91. The maximum Gasteiger partial charge on any atom is 0.329 e. The summed E-state index contributed by atoms with van der Waals surface area (Å²) in [5.41, 5.74) is -0.711. The van der Waals surface area contributed by atoms with Crippen molar-refractivity contribution in [2.75, 3.05) is 0 Å². The van der Waals surface area contributed by atoms with Crippen LogP contribution in [0, 0.1) is 5.92 Å². The summed E-state index contributed by atoms with van der Waals surface area (Å²) in [5, 5.41) is 0.104. The molecular formula is C12H17ClN2O2. The lowest BCUT2D eigenvalue weighted by Crippen LogP contribution is -2.39. The average Bonchev–Trinajstić information content (AvgIpc) is 2.28. The van der Waals surface area contributed by atoms with Crippen molar-refractivity contribution in [1.82, 2.24) is 9.55 Å². The van der Waals surface area contributed by atoms with Crippen LogP contribution < -0.4 is 11.2 Å². The Bertz CT molecular complexity index is 469. The minimum atomic E-state index is -0.402. The predicted octanol–water partition coefficient (Wildman–Crippen LogP) is 2.33. The molecule has 0 bridgehead atoms. The first kappa shape index (κ1) is 12.4. The van der Waals surface area contributed by atoms with Gasteiger partial charge >= 0.3 is 5.69 Å². The molecule has 0 aromatic carbocycles. The van der Waals surface area contributed by atoms with Crippen LogP contribution in [0.3, 0.4) is 0 Å². The summed E-state index contributed by atoms with van der Waals surface area (Å²) >= 11 is 5.64. The second-order valence-corrected chi connectivity index (χ2v) is 5.18. The van der Waals surface area contributed by atoms with Crippen LogP contribution in [0.2, 0.25) is 5.15 Å². The molecule has 1 saturated carbocycles. The number of halogens is 1. The minimum Gasteiger partial charge on any atom is -0.298 e. The zero-order chi connectivity index (χ0) is 12.4. The molecule has 94 valence electrons. The third-order valence-corrected chi connectivity index (χ3v) is 3.88. The van der Waals surface area contributed by atoms with Crippen molar-refractivity contribution in [3.8, 4) is 0 Å². The van der Waals surface area contributed by atoms with E-state index >= 15 is 0 Å². The Balaban J connectivity index is 2.33. The Hall–Kier alpha value is -1.03. The van der Waals surface area contributed by atoms with E-state index in [4.69, 9.17) is 11.6 Å². The van der Waals surface area contributed by atoms with E-state index in [0.717, 1.165) is 12.8 Å². The molecule has 4 nitrogen and oxygen atoms in total. The van der Waals surface area contributed by atoms with Crippen LogP contribution in [0.1, 0.15) is 45.1 Å². The molecule has 1 aliphatic rings. The van der Waals surface area contributed by atoms with Gasteiger partial charge in [0.25, 0.3) is 5.56 Å². The first-order chi connectivity index (χ1) is 8.09. The maximum absolute atomic E-state index is 11.8. The van der Waals surface area contributed by atoms with Gasteiger partial charge < -0.3 is 0 Å². The van der Waals surface area contributed by atoms with Crippen molar-refractivity contribution in [2.45, 2.75) is 45.1 Å². The van der Waals surface area contributed by atoms with Gasteiger partial charge in [0.1, 0.15) is 5.15 Å². The molecule has 5 heteroatoms. The van der Waals surface area contributed by atoms with E-state index < -0.39 is 5.69 Å². The van der Waals surface area contributed by atoms with E-state index in [2.05, 4.69) is 4.98 Å². The summed E-state index contributed by atoms with van der Waals surface area (Å²) in [6.45, 7) is 1.94. The number of aromatic amines is 1. The molecule has 1 heterocycles. The topological polar surface area (TPSA) is 54.9 Å². The Kier molecular flexibility index (Phi) is 3.72. The number of rotatable bonds is 2. The summed E-state index contributed by atoms with van der Waals surface area (Å²) in [4.78, 5) is 26.0. The van der Waals surface area contributed by atoms with Crippen LogP contribution in [0.25, 0.3) is 0 Å². The van der Waals surface area contributed by atoms with Gasteiger partial charge in [-0.05, 0) is 25.7 Å². The first-order valence-corrected chi connectivity index (χ1v) is 6.49. The van der Waals surface area contributed by atoms with E-state index in [1.807, 2.05) is 6.92 Å². The van der Waals surface area contributed by atoms with E-state index in [1.54, 1.807) is 0 Å². The van der Waals surface area contributed by atoms with Gasteiger partial charge in [0, 0.05) is 12.1 Å². The van der Waals surface area contributed by atoms with E-state index in [-0.39, 0.29) is 16.8 Å². The molecular weight excluding hydrogens is 240 g/mol. The van der Waals surface area contributed by atoms with Crippen molar-refractivity contribution >= 4 is 11.6 Å². The van der Waals surface area contributed by atoms with Gasteiger partial charge in [0.15, 0.2) is 0 Å². The van der Waals surface area contributed by atoms with E-state index in [0.29, 0.717) is 5.92 Å². The van der Waals surface area contributed by atoms with Gasteiger partial charge in [-0.2, -0.15) is 0 Å². The van der Waals surface area contributed by atoms with E-state index in [9.17, 15) is 9.59 Å². The van der Waals surface area contributed by atoms with Gasteiger partial charge in [0.2, 0.25) is 0 Å². The van der Waals surface area contributed by atoms with Crippen molar-refractivity contribution in [1.29, 1.82) is 0 Å². The molecule has 1 atom stereocenters. The lowest BCUT2D eigenvalue weighted by atomic mass is 9.84. The SMILES string of the molecule is CC(C1CCCCC1)n1c(=O)cc(Cl)[nH]c1=O. The fraction of sp³-hybridized carbons (Fsp3) is 0.667. The Morgan fingerprint density at radius 2 is 2.00 bits per heavy atom. The number of hydrogen-bond donors (Lipinski definition) is 1. The molecule has 0 radical (unpaired) electrons. The van der Waals surface area contributed by atoms with Gasteiger partial charge in [-0.15, -0.1) is 0 Å². The van der Waals surface area contributed by atoms with Crippen LogP contribution in [-0.2, 0) is 0 Å². The fourth-order valence-corrected chi connectivity index (χ4v) is 2.86. The van der Waals surface area contributed by atoms with E-state index in [1.165, 1.54) is 29.9 Å². The fourth-order valence-electron chi connectivity index (χ4n) is 2.69. The number of aromatic nitrogens is 2. The van der Waals surface area contributed by atoms with Crippen molar-refractivity contribution in [2.24, 2.45) is 5.92 Å². The lowest BCUT2D eigenvalue weighted by molar-refractivity contribution is 0.254. The molecule has 1 N–H and O–H groups in total. The van der Waals surface area contributed by atoms with Crippen molar-refractivity contribution in [3.63, 3.8) is 0 Å². The highest BCUT2D eigenvalue weighted by Gasteiger charge is 2.23. The van der Waals surface area contributed by atoms with Crippen LogP contribution in [0.4, 0.5) is 0 Å². The summed E-state index contributed by atoms with van der Waals surface area (Å²) in [5.74, 6) is 0.420. The molecule has 1 fully saturated rings. The van der Waals surface area contributed by atoms with Crippen molar-refractivity contribution in [3.05, 3.63) is 32.1 Å². The second kappa shape index (κ2) is 5.08. The highest BCUT2D eigenvalue weighted by molar-refractivity contribution is 6.29. The largest absolute Gasteiger partial charge is 0.329 e. The molecule has 2 rings (SSSR count). The quantitative estimate of drug-likeness (QED) is 0.826. The van der Waals surface area contributed by atoms with Crippen LogP contribution in [-0.4, -0.2) is 9.55 Å². The third kappa shape index (κ3) is 2.63. The Labute approximate surface area is 105 Å². The van der Waals surface area contributed by atoms with Gasteiger partial charge in [-0.25, -0.2) is 4.79 Å². The number of H-pyrrole nitrogens is 1. The molecule has 1 aliphatic carbocycles. The number of hydrogen-bond acceptors (Lipinski definition) is 2. The standard InChI is InChI=1S/C12H17ClN2O2/c1-8(9-5-3-2-4-6-9)15-11(16)7-10(13)14-12(15)17/h7-9H,2-6H2,1H3,(H,14,17). The van der Waals surface area contributed by atoms with Crippen LogP contribution >= 0.6 is 11.6 Å². The van der Waals surface area contributed by atoms with Gasteiger partial charge in [0.05, 0.1) is 0 Å². The van der Waals surface area contributed by atoms with Gasteiger partial charge in [-0.3, -0.25) is 14.3 Å². The highest BCUT2D eigenvalue weighted by atomic mass is 35.5. The normalized spacial score (nSPS) is 19.2. The summed E-state index contributed by atoms with van der Waals surface area (Å²) in [6.07, 6.45) is 5.82. The predicted molar refractivity (Wildman–Crippen MR) is 67.6 cm³/mol. The maximum atomic E-state index is 11.8. The van der Waals surface area contributed by atoms with Crippen molar-refractivity contribution < 1.29 is 0 Å². The molecule has 17 heavy (non-hydrogen) atoms. The minimum absolute atomic E-state index is 0.0520. The monoisotopic (exact) mass is 256 g/mol. The number of nitrogens with zero attached hydrogens (tertiary/aromatic N) is 1. The van der Waals surface area contributed by atoms with Crippen LogP contribution in [0.15, 0.2) is 15.7 Å². The molecule has 1 unspecified atom stereocenters. The third-order valence-electron chi connectivity index (χ3n) is 3.67. The smallest absolute Gasteiger partial charge is 0.298 e. The molecule has 0 saturated heterocycles. The summed E-state index contributed by atoms with van der Waals surface area (Å²) < 4.78 is 1.29. The summed E-state index contributed by atoms with van der Waals surface area (Å²) in [7, 11) is 0. The second-order valence-electron chi connectivity index (χ2n) is 4.77. The molecule has 0 aliphatic heterocycles. The average molecular weight is 257 g/mol. The molecule has 0 amide bonds. The number of nitrogens with one attached hydrogen (secondary N) is 1. The lowest BCUT2D eigenvalue weighted by Gasteiger charge is -2.28. The zero-order valence-corrected chi connectivity index (χ0v) is 10.7. The van der Waals surface area contributed by atoms with Gasteiger partial charge in [-0.1, -0.05) is 30.9 Å². The summed E-state index contributed by atoms with van der Waals surface area (Å²) in [6, 6.07) is 1.21. The molecule has 0 spiro atoms. The Morgan fingerprint density at radius 3 is 2.59 bits per heavy atom. The highest BCUT2D eigenvalue weighted by Crippen LogP contribution is 2.31. The van der Waals surface area contributed by atoms with Crippen LogP contribution in [0.5, 0.6) is 0 Å². The Morgan fingerprint density at radius 1 is 1.35 bits per heavy atom. The molecule has 1 aromatic heterocycles.